The van der Waals surface area contributed by atoms with Crippen LogP contribution < -0.4 is 4.90 Å². The van der Waals surface area contributed by atoms with E-state index >= 15 is 0 Å². The molecule has 3 heterocycles. The molecule has 0 N–H and O–H groups in total. The van der Waals surface area contributed by atoms with E-state index in [4.69, 9.17) is 9.47 Å². The Morgan fingerprint density at radius 2 is 1.90 bits per heavy atom. The number of nitrogens with zero attached hydrogens (tertiary/aromatic N) is 3. The maximum absolute atomic E-state index is 11.8. The summed E-state index contributed by atoms with van der Waals surface area (Å²) in [5, 5.41) is 0. The highest BCUT2D eigenvalue weighted by molar-refractivity contribution is 5.93. The van der Waals surface area contributed by atoms with E-state index in [0.29, 0.717) is 6.54 Å². The first-order chi connectivity index (χ1) is 10.1. The van der Waals surface area contributed by atoms with E-state index < -0.39 is 17.8 Å². The molecule has 110 valence electrons. The topological polar surface area (TPSA) is 72.0 Å². The van der Waals surface area contributed by atoms with Gasteiger partial charge in [-0.2, -0.15) is 0 Å². The summed E-state index contributed by atoms with van der Waals surface area (Å²) < 4.78 is 10.9. The molecule has 1 aromatic rings. The molecule has 21 heavy (non-hydrogen) atoms. The molecular weight excluding hydrogens is 274 g/mol. The van der Waals surface area contributed by atoms with Crippen LogP contribution in [0.2, 0.25) is 0 Å². The van der Waals surface area contributed by atoms with Gasteiger partial charge >= 0.3 is 17.8 Å². The van der Waals surface area contributed by atoms with E-state index in [1.165, 1.54) is 0 Å². The third-order valence-electron chi connectivity index (χ3n) is 3.42. The van der Waals surface area contributed by atoms with Crippen LogP contribution in [0.3, 0.4) is 0 Å². The first-order valence-electron chi connectivity index (χ1n) is 6.59. The largest absolute Gasteiger partial charge is 0.399 e. The molecule has 0 aliphatic carbocycles. The van der Waals surface area contributed by atoms with Gasteiger partial charge in [-0.15, -0.1) is 0 Å². The standard InChI is InChI=1S/C14H15N3O4/c1-16-7-8-17(11-3-2-6-15-9-11)14(10-16)20-12(18)4-5-13(19)21-14/h2-6,9H,7-8,10H2,1H3. The van der Waals surface area contributed by atoms with Crippen molar-refractivity contribution < 1.29 is 19.1 Å². The Hall–Kier alpha value is -2.41. The van der Waals surface area contributed by atoms with E-state index in [2.05, 4.69) is 4.98 Å². The van der Waals surface area contributed by atoms with Gasteiger partial charge in [-0.1, -0.05) is 0 Å². The molecule has 2 aliphatic rings. The highest BCUT2D eigenvalue weighted by atomic mass is 16.8. The Morgan fingerprint density at radius 3 is 2.52 bits per heavy atom. The van der Waals surface area contributed by atoms with Crippen LogP contribution in [0.1, 0.15) is 0 Å². The van der Waals surface area contributed by atoms with E-state index in [0.717, 1.165) is 24.4 Å². The lowest BCUT2D eigenvalue weighted by Crippen LogP contribution is -2.65. The summed E-state index contributed by atoms with van der Waals surface area (Å²) >= 11 is 0. The summed E-state index contributed by atoms with van der Waals surface area (Å²) in [6.07, 6.45) is 5.45. The van der Waals surface area contributed by atoms with E-state index in [1.54, 1.807) is 23.4 Å². The highest BCUT2D eigenvalue weighted by Crippen LogP contribution is 2.31. The molecular formula is C14H15N3O4. The molecule has 1 spiro atoms. The molecule has 0 saturated carbocycles. The summed E-state index contributed by atoms with van der Waals surface area (Å²) in [6, 6.07) is 3.61. The predicted molar refractivity (Wildman–Crippen MR) is 73.1 cm³/mol. The van der Waals surface area contributed by atoms with E-state index in [-0.39, 0.29) is 6.54 Å². The molecule has 0 bridgehead atoms. The number of carbonyl (C=O) groups is 2. The van der Waals surface area contributed by atoms with Gasteiger partial charge in [0.25, 0.3) is 0 Å². The number of rotatable bonds is 1. The van der Waals surface area contributed by atoms with Gasteiger partial charge in [0.1, 0.15) is 0 Å². The Morgan fingerprint density at radius 1 is 1.19 bits per heavy atom. The second-order valence-corrected chi connectivity index (χ2v) is 4.99. The maximum atomic E-state index is 11.8. The van der Waals surface area contributed by atoms with Crippen LogP contribution in [0.4, 0.5) is 5.69 Å². The van der Waals surface area contributed by atoms with Crippen molar-refractivity contribution in [1.82, 2.24) is 9.88 Å². The lowest BCUT2D eigenvalue weighted by atomic mass is 10.2. The number of piperazine rings is 1. The highest BCUT2D eigenvalue weighted by Gasteiger charge is 2.49. The van der Waals surface area contributed by atoms with Crippen molar-refractivity contribution in [3.05, 3.63) is 36.7 Å². The van der Waals surface area contributed by atoms with Crippen LogP contribution in [0.15, 0.2) is 36.7 Å². The number of anilines is 1. The summed E-state index contributed by atoms with van der Waals surface area (Å²) in [6.45, 7) is 1.56. The zero-order valence-electron chi connectivity index (χ0n) is 11.6. The van der Waals surface area contributed by atoms with Crippen LogP contribution in [-0.2, 0) is 19.1 Å². The monoisotopic (exact) mass is 289 g/mol. The lowest BCUT2D eigenvalue weighted by molar-refractivity contribution is -0.230. The minimum absolute atomic E-state index is 0.265. The first-order valence-corrected chi connectivity index (χ1v) is 6.59. The molecule has 7 heteroatoms. The number of likely N-dealkylation sites (N-methyl/N-ethyl adjacent to an activating group) is 1. The Kier molecular flexibility index (Phi) is 3.34. The van der Waals surface area contributed by atoms with Crippen molar-refractivity contribution in [2.75, 3.05) is 31.6 Å². The van der Waals surface area contributed by atoms with Crippen molar-refractivity contribution in [2.45, 2.75) is 5.91 Å². The third kappa shape index (κ3) is 2.59. The van der Waals surface area contributed by atoms with Crippen molar-refractivity contribution in [3.8, 4) is 0 Å². The number of pyridine rings is 1. The summed E-state index contributed by atoms with van der Waals surface area (Å²) in [7, 11) is 1.88. The first kappa shape index (κ1) is 13.6. The summed E-state index contributed by atoms with van der Waals surface area (Å²) in [4.78, 5) is 31.3. The molecule has 0 unspecified atom stereocenters. The molecule has 1 saturated heterocycles. The Balaban J connectivity index is 2.01. The quantitative estimate of drug-likeness (QED) is 0.681. The van der Waals surface area contributed by atoms with Crippen LogP contribution in [0, 0.1) is 0 Å². The number of hydrogen-bond acceptors (Lipinski definition) is 7. The van der Waals surface area contributed by atoms with Crippen molar-refractivity contribution in [3.63, 3.8) is 0 Å². The van der Waals surface area contributed by atoms with Gasteiger partial charge in [-0.05, 0) is 19.2 Å². The van der Waals surface area contributed by atoms with Crippen molar-refractivity contribution in [2.24, 2.45) is 0 Å². The fourth-order valence-electron chi connectivity index (χ4n) is 2.50. The maximum Gasteiger partial charge on any atom is 0.356 e. The number of ether oxygens (including phenoxy) is 2. The molecule has 7 nitrogen and oxygen atoms in total. The summed E-state index contributed by atoms with van der Waals surface area (Å²) in [5.41, 5.74) is 0.730. The zero-order valence-corrected chi connectivity index (χ0v) is 11.6. The van der Waals surface area contributed by atoms with Crippen LogP contribution in [0.5, 0.6) is 0 Å². The van der Waals surface area contributed by atoms with Gasteiger partial charge in [0.2, 0.25) is 0 Å². The Labute approximate surface area is 121 Å². The average Bonchev–Trinajstić information content (AvgIpc) is 2.59. The predicted octanol–water partition coefficient (Wildman–Crippen LogP) is 0.143. The van der Waals surface area contributed by atoms with Gasteiger partial charge < -0.3 is 9.47 Å². The fourth-order valence-corrected chi connectivity index (χ4v) is 2.50. The molecule has 0 aromatic carbocycles. The minimum Gasteiger partial charge on any atom is -0.399 e. The second-order valence-electron chi connectivity index (χ2n) is 4.99. The SMILES string of the molecule is CN1CCN(c2cccnc2)C2(C1)OC(=O)C=CC(=O)O2. The molecule has 1 fully saturated rings. The fraction of sp³-hybridized carbons (Fsp3) is 0.357. The number of esters is 2. The number of carbonyl (C=O) groups excluding carboxylic acids is 2. The van der Waals surface area contributed by atoms with Crippen molar-refractivity contribution in [1.29, 1.82) is 0 Å². The van der Waals surface area contributed by atoms with Crippen LogP contribution in [0.25, 0.3) is 0 Å². The smallest absolute Gasteiger partial charge is 0.356 e. The molecule has 1 aromatic heterocycles. The van der Waals surface area contributed by atoms with Gasteiger partial charge in [0.15, 0.2) is 0 Å². The average molecular weight is 289 g/mol. The summed E-state index contributed by atoms with van der Waals surface area (Å²) in [5.74, 6) is -2.68. The zero-order chi connectivity index (χ0) is 14.9. The van der Waals surface area contributed by atoms with Gasteiger partial charge in [-0.25, -0.2) is 9.59 Å². The van der Waals surface area contributed by atoms with Gasteiger partial charge in [-0.3, -0.25) is 14.8 Å². The Bertz CT molecular complexity index is 567. The lowest BCUT2D eigenvalue weighted by Gasteiger charge is -2.47. The third-order valence-corrected chi connectivity index (χ3v) is 3.42. The molecule has 2 aliphatic heterocycles. The number of hydrogen-bond donors (Lipinski definition) is 0. The van der Waals surface area contributed by atoms with Crippen molar-refractivity contribution >= 4 is 17.6 Å². The molecule has 3 rings (SSSR count). The van der Waals surface area contributed by atoms with Crippen LogP contribution >= 0.6 is 0 Å². The van der Waals surface area contributed by atoms with E-state index in [9.17, 15) is 9.59 Å². The normalized spacial score (nSPS) is 21.9. The molecule has 0 amide bonds. The van der Waals surface area contributed by atoms with Gasteiger partial charge in [0, 0.05) is 31.4 Å². The minimum atomic E-state index is -1.46. The van der Waals surface area contributed by atoms with Crippen LogP contribution in [-0.4, -0.2) is 54.4 Å². The molecule has 0 radical (unpaired) electrons. The molecule has 0 atom stereocenters. The second kappa shape index (κ2) is 5.17. The van der Waals surface area contributed by atoms with Gasteiger partial charge in [0.05, 0.1) is 18.4 Å². The van der Waals surface area contributed by atoms with E-state index in [1.807, 2.05) is 18.0 Å². The number of aromatic nitrogens is 1.